The Labute approximate surface area is 113 Å². The second-order valence-electron chi connectivity index (χ2n) is 4.49. The molecule has 1 aromatic heterocycles. The third kappa shape index (κ3) is 3.51. The van der Waals surface area contributed by atoms with Gasteiger partial charge in [0.25, 0.3) is 0 Å². The van der Waals surface area contributed by atoms with Gasteiger partial charge in [-0.1, -0.05) is 31.5 Å². The molecule has 0 aliphatic heterocycles. The van der Waals surface area contributed by atoms with E-state index < -0.39 is 0 Å². The van der Waals surface area contributed by atoms with Crippen LogP contribution in [0.5, 0.6) is 0 Å². The van der Waals surface area contributed by atoms with Gasteiger partial charge >= 0.3 is 0 Å². The normalized spacial score (nSPS) is 10.6. The summed E-state index contributed by atoms with van der Waals surface area (Å²) in [7, 11) is 1.68. The predicted octanol–water partition coefficient (Wildman–Crippen LogP) is 2.82. The van der Waals surface area contributed by atoms with E-state index in [9.17, 15) is 0 Å². The number of aryl methyl sites for hydroxylation is 1. The summed E-state index contributed by atoms with van der Waals surface area (Å²) in [5.74, 6) is 1.20. The highest BCUT2D eigenvalue weighted by Gasteiger charge is 2.06. The number of ether oxygens (including phenoxy) is 1. The maximum absolute atomic E-state index is 5.85. The van der Waals surface area contributed by atoms with E-state index in [-0.39, 0.29) is 0 Å². The summed E-state index contributed by atoms with van der Waals surface area (Å²) < 4.78 is 5.14. The Morgan fingerprint density at radius 1 is 1.21 bits per heavy atom. The minimum atomic E-state index is 0.519. The Hall–Kier alpha value is -1.94. The van der Waals surface area contributed by atoms with Crippen molar-refractivity contribution >= 4 is 5.82 Å². The lowest BCUT2D eigenvalue weighted by Crippen LogP contribution is -2.00. The first-order valence-electron chi connectivity index (χ1n) is 6.44. The van der Waals surface area contributed by atoms with E-state index in [1.165, 1.54) is 0 Å². The van der Waals surface area contributed by atoms with Crippen molar-refractivity contribution < 1.29 is 4.74 Å². The molecule has 0 aliphatic carbocycles. The van der Waals surface area contributed by atoms with Crippen molar-refractivity contribution in [2.45, 2.75) is 26.4 Å². The van der Waals surface area contributed by atoms with Gasteiger partial charge in [0.15, 0.2) is 5.82 Å². The molecular formula is C15H19N3O. The number of nitrogens with two attached hydrogens (primary N) is 1. The van der Waals surface area contributed by atoms with Gasteiger partial charge < -0.3 is 10.5 Å². The highest BCUT2D eigenvalue weighted by atomic mass is 16.5. The highest BCUT2D eigenvalue weighted by Crippen LogP contribution is 2.19. The van der Waals surface area contributed by atoms with Gasteiger partial charge in [-0.15, -0.1) is 0 Å². The van der Waals surface area contributed by atoms with Crippen LogP contribution in [0.25, 0.3) is 11.4 Å². The first-order chi connectivity index (χ1) is 9.22. The number of hydrogen-bond donors (Lipinski definition) is 1. The van der Waals surface area contributed by atoms with Crippen molar-refractivity contribution in [2.75, 3.05) is 12.8 Å². The molecule has 4 nitrogen and oxygen atoms in total. The molecule has 0 fully saturated rings. The van der Waals surface area contributed by atoms with Crippen molar-refractivity contribution in [3.05, 3.63) is 41.6 Å². The van der Waals surface area contributed by atoms with Gasteiger partial charge in [0, 0.05) is 24.4 Å². The second kappa shape index (κ2) is 6.29. The smallest absolute Gasteiger partial charge is 0.161 e. The molecule has 0 saturated carbocycles. The lowest BCUT2D eigenvalue weighted by atomic mass is 10.1. The first-order valence-corrected chi connectivity index (χ1v) is 6.44. The zero-order valence-electron chi connectivity index (χ0n) is 11.4. The fourth-order valence-electron chi connectivity index (χ4n) is 2.00. The van der Waals surface area contributed by atoms with Crippen molar-refractivity contribution in [2.24, 2.45) is 0 Å². The molecule has 4 heteroatoms. The lowest BCUT2D eigenvalue weighted by Gasteiger charge is -2.07. The van der Waals surface area contributed by atoms with Crippen LogP contribution in [0.3, 0.4) is 0 Å². The van der Waals surface area contributed by atoms with Gasteiger partial charge in [-0.25, -0.2) is 9.97 Å². The van der Waals surface area contributed by atoms with E-state index in [1.807, 2.05) is 30.3 Å². The average Bonchev–Trinajstić information content (AvgIpc) is 2.39. The Bertz CT molecular complexity index is 555. The van der Waals surface area contributed by atoms with E-state index in [4.69, 9.17) is 10.5 Å². The molecule has 0 aliphatic rings. The quantitative estimate of drug-likeness (QED) is 0.894. The largest absolute Gasteiger partial charge is 0.384 e. The Morgan fingerprint density at radius 2 is 2.05 bits per heavy atom. The van der Waals surface area contributed by atoms with E-state index >= 15 is 0 Å². The molecule has 2 aromatic rings. The van der Waals surface area contributed by atoms with E-state index in [0.717, 1.165) is 29.7 Å². The Kier molecular flexibility index (Phi) is 4.47. The summed E-state index contributed by atoms with van der Waals surface area (Å²) in [6.07, 6.45) is 1.96. The van der Waals surface area contributed by atoms with Crippen molar-refractivity contribution in [1.29, 1.82) is 0 Å². The molecule has 2 rings (SSSR count). The first kappa shape index (κ1) is 13.5. The molecule has 1 aromatic carbocycles. The van der Waals surface area contributed by atoms with Gasteiger partial charge in [0.05, 0.1) is 6.61 Å². The number of benzene rings is 1. The van der Waals surface area contributed by atoms with Crippen molar-refractivity contribution in [3.8, 4) is 11.4 Å². The minimum Gasteiger partial charge on any atom is -0.384 e. The van der Waals surface area contributed by atoms with E-state index in [0.29, 0.717) is 18.2 Å². The maximum Gasteiger partial charge on any atom is 0.161 e. The molecular weight excluding hydrogens is 238 g/mol. The molecule has 0 saturated heterocycles. The van der Waals surface area contributed by atoms with Gasteiger partial charge in [-0.3, -0.25) is 0 Å². The van der Waals surface area contributed by atoms with E-state index in [1.54, 1.807) is 7.11 Å². The lowest BCUT2D eigenvalue weighted by molar-refractivity contribution is 0.185. The van der Waals surface area contributed by atoms with E-state index in [2.05, 4.69) is 16.9 Å². The molecule has 0 radical (unpaired) electrons. The third-order valence-corrected chi connectivity index (χ3v) is 2.80. The van der Waals surface area contributed by atoms with Crippen LogP contribution in [0, 0.1) is 0 Å². The zero-order chi connectivity index (χ0) is 13.7. The Balaban J connectivity index is 2.37. The molecule has 100 valence electrons. The minimum absolute atomic E-state index is 0.519. The SMILES string of the molecule is CCCc1cc(N)nc(-c2cccc(COC)c2)n1. The fraction of sp³-hybridized carbons (Fsp3) is 0.333. The summed E-state index contributed by atoms with van der Waals surface area (Å²) in [4.78, 5) is 8.88. The zero-order valence-corrected chi connectivity index (χ0v) is 11.4. The van der Waals surface area contributed by atoms with Crippen LogP contribution >= 0.6 is 0 Å². The standard InChI is InChI=1S/C15H19N3O/c1-3-5-13-9-14(16)18-15(17-13)12-7-4-6-11(8-12)10-19-2/h4,6-9H,3,5,10H2,1-2H3,(H2,16,17,18). The Morgan fingerprint density at radius 3 is 2.79 bits per heavy atom. The van der Waals surface area contributed by atoms with Crippen LogP contribution in [0.1, 0.15) is 24.6 Å². The molecule has 0 spiro atoms. The molecule has 2 N–H and O–H groups in total. The van der Waals surface area contributed by atoms with Crippen molar-refractivity contribution in [3.63, 3.8) is 0 Å². The molecule has 1 heterocycles. The number of methoxy groups -OCH3 is 1. The van der Waals surface area contributed by atoms with Crippen LogP contribution in [-0.2, 0) is 17.8 Å². The van der Waals surface area contributed by atoms with Crippen LogP contribution < -0.4 is 5.73 Å². The average molecular weight is 257 g/mol. The number of nitrogens with zero attached hydrogens (tertiary/aromatic N) is 2. The molecule has 0 unspecified atom stereocenters. The second-order valence-corrected chi connectivity index (χ2v) is 4.49. The molecule has 0 amide bonds. The summed E-state index contributed by atoms with van der Waals surface area (Å²) in [6, 6.07) is 9.87. The number of aromatic nitrogens is 2. The molecule has 0 bridgehead atoms. The van der Waals surface area contributed by atoms with Gasteiger partial charge in [-0.2, -0.15) is 0 Å². The van der Waals surface area contributed by atoms with Crippen LogP contribution in [0.4, 0.5) is 5.82 Å². The van der Waals surface area contributed by atoms with Gasteiger partial charge in [0.1, 0.15) is 5.82 Å². The number of hydrogen-bond acceptors (Lipinski definition) is 4. The third-order valence-electron chi connectivity index (χ3n) is 2.80. The number of nitrogen functional groups attached to an aromatic ring is 1. The van der Waals surface area contributed by atoms with Gasteiger partial charge in [0.2, 0.25) is 0 Å². The van der Waals surface area contributed by atoms with Crippen LogP contribution in [0.2, 0.25) is 0 Å². The fourth-order valence-corrected chi connectivity index (χ4v) is 2.00. The monoisotopic (exact) mass is 257 g/mol. The number of anilines is 1. The van der Waals surface area contributed by atoms with Crippen molar-refractivity contribution in [1.82, 2.24) is 9.97 Å². The summed E-state index contributed by atoms with van der Waals surface area (Å²) >= 11 is 0. The van der Waals surface area contributed by atoms with Crippen LogP contribution in [0.15, 0.2) is 30.3 Å². The maximum atomic E-state index is 5.85. The summed E-state index contributed by atoms with van der Waals surface area (Å²) in [5.41, 5.74) is 8.91. The van der Waals surface area contributed by atoms with Gasteiger partial charge in [-0.05, 0) is 18.1 Å². The molecule has 19 heavy (non-hydrogen) atoms. The predicted molar refractivity (Wildman–Crippen MR) is 76.6 cm³/mol. The summed E-state index contributed by atoms with van der Waals surface area (Å²) in [5, 5.41) is 0. The topological polar surface area (TPSA) is 61.0 Å². The highest BCUT2D eigenvalue weighted by molar-refractivity contribution is 5.58. The van der Waals surface area contributed by atoms with Crippen LogP contribution in [-0.4, -0.2) is 17.1 Å². The molecule has 0 atom stereocenters. The number of rotatable bonds is 5. The summed E-state index contributed by atoms with van der Waals surface area (Å²) in [6.45, 7) is 2.70.